The lowest BCUT2D eigenvalue weighted by Gasteiger charge is -2.34. The van der Waals surface area contributed by atoms with E-state index >= 15 is 0 Å². The van der Waals surface area contributed by atoms with Gasteiger partial charge in [0, 0.05) is 37.2 Å². The van der Waals surface area contributed by atoms with E-state index in [2.05, 4.69) is 50.2 Å². The summed E-state index contributed by atoms with van der Waals surface area (Å²) in [5.74, 6) is 1.40. The van der Waals surface area contributed by atoms with Crippen LogP contribution in [0.5, 0.6) is 5.75 Å². The first kappa shape index (κ1) is 22.6. The van der Waals surface area contributed by atoms with Gasteiger partial charge in [-0.25, -0.2) is 0 Å². The number of carbonyl (C=O) groups is 1. The number of likely N-dealkylation sites (N-methyl/N-ethyl adjacent to an activating group) is 1. The summed E-state index contributed by atoms with van der Waals surface area (Å²) < 4.78 is 12.5. The van der Waals surface area contributed by atoms with Crippen molar-refractivity contribution in [1.82, 2.24) is 15.1 Å². The minimum atomic E-state index is -0.221. The van der Waals surface area contributed by atoms with Crippen LogP contribution in [0.4, 0.5) is 0 Å². The van der Waals surface area contributed by atoms with Gasteiger partial charge in [-0.2, -0.15) is 0 Å². The van der Waals surface area contributed by atoms with Gasteiger partial charge in [-0.15, -0.1) is 0 Å². The van der Waals surface area contributed by atoms with Gasteiger partial charge in [0.25, 0.3) is 5.91 Å². The van der Waals surface area contributed by atoms with E-state index < -0.39 is 0 Å². The molecule has 0 bridgehead atoms. The molecule has 32 heavy (non-hydrogen) atoms. The van der Waals surface area contributed by atoms with Crippen LogP contribution in [0.2, 0.25) is 0 Å². The van der Waals surface area contributed by atoms with Crippen molar-refractivity contribution >= 4 is 21.8 Å². The third kappa shape index (κ3) is 6.22. The number of piperazine rings is 1. The molecule has 4 rings (SSSR count). The van der Waals surface area contributed by atoms with E-state index in [1.54, 1.807) is 12.1 Å². The number of rotatable bonds is 8. The molecule has 3 aromatic rings. The van der Waals surface area contributed by atoms with Crippen LogP contribution in [0, 0.1) is 0 Å². The molecule has 1 fully saturated rings. The Kier molecular flexibility index (Phi) is 7.63. The number of nitrogens with zero attached hydrogens (tertiary/aromatic N) is 2. The van der Waals surface area contributed by atoms with Crippen molar-refractivity contribution in [2.75, 3.05) is 39.8 Å². The number of hydrogen-bond donors (Lipinski definition) is 1. The minimum Gasteiger partial charge on any atom is -0.486 e. The second-order valence-corrected chi connectivity index (χ2v) is 8.97. The topological polar surface area (TPSA) is 58.0 Å². The molecular weight excluding hydrogens is 470 g/mol. The summed E-state index contributed by atoms with van der Waals surface area (Å²) >= 11 is 3.43. The first-order valence-electron chi connectivity index (χ1n) is 10.8. The van der Waals surface area contributed by atoms with Crippen LogP contribution in [-0.2, 0) is 6.61 Å². The molecule has 7 heteroatoms. The smallest absolute Gasteiger partial charge is 0.287 e. The van der Waals surface area contributed by atoms with Gasteiger partial charge in [-0.3, -0.25) is 9.69 Å². The number of carbonyl (C=O) groups excluding carboxylic acids is 1. The number of furan rings is 1. The highest BCUT2D eigenvalue weighted by Gasteiger charge is 2.23. The Bertz CT molecular complexity index is 1020. The van der Waals surface area contributed by atoms with Gasteiger partial charge in [0.2, 0.25) is 0 Å². The second kappa shape index (κ2) is 10.8. The van der Waals surface area contributed by atoms with E-state index in [4.69, 9.17) is 9.15 Å². The Morgan fingerprint density at radius 3 is 2.59 bits per heavy atom. The zero-order valence-corrected chi connectivity index (χ0v) is 19.8. The van der Waals surface area contributed by atoms with Crippen LogP contribution in [0.1, 0.15) is 27.9 Å². The first-order valence-corrected chi connectivity index (χ1v) is 11.6. The third-order valence-corrected chi connectivity index (χ3v) is 6.10. The van der Waals surface area contributed by atoms with Crippen LogP contribution in [0.15, 0.2) is 75.6 Å². The average Bonchev–Trinajstić information content (AvgIpc) is 3.29. The van der Waals surface area contributed by atoms with Crippen molar-refractivity contribution in [2.45, 2.75) is 12.6 Å². The van der Waals surface area contributed by atoms with Crippen molar-refractivity contribution in [3.8, 4) is 5.75 Å². The molecule has 1 aromatic heterocycles. The average molecular weight is 498 g/mol. The molecular formula is C25H28BrN3O3. The summed E-state index contributed by atoms with van der Waals surface area (Å²) in [6.07, 6.45) is 0. The number of ether oxygens (including phenoxy) is 1. The predicted molar refractivity (Wildman–Crippen MR) is 128 cm³/mol. The number of hydrogen-bond acceptors (Lipinski definition) is 5. The maximum atomic E-state index is 13.0. The molecule has 2 aromatic carbocycles. The van der Waals surface area contributed by atoms with Gasteiger partial charge < -0.3 is 19.4 Å². The molecule has 6 nitrogen and oxygen atoms in total. The molecule has 0 spiro atoms. The summed E-state index contributed by atoms with van der Waals surface area (Å²) in [5, 5.41) is 3.17. The van der Waals surface area contributed by atoms with Crippen LogP contribution < -0.4 is 10.1 Å². The molecule has 1 unspecified atom stereocenters. The van der Waals surface area contributed by atoms with Crippen molar-refractivity contribution in [1.29, 1.82) is 0 Å². The molecule has 0 aliphatic carbocycles. The molecule has 2 heterocycles. The fourth-order valence-electron chi connectivity index (χ4n) is 3.73. The van der Waals surface area contributed by atoms with Crippen LogP contribution >= 0.6 is 15.9 Å². The second-order valence-electron chi connectivity index (χ2n) is 8.05. The molecule has 1 aliphatic rings. The largest absolute Gasteiger partial charge is 0.486 e. The van der Waals surface area contributed by atoms with E-state index in [-0.39, 0.29) is 24.3 Å². The molecule has 1 amide bonds. The molecule has 1 atom stereocenters. The zero-order chi connectivity index (χ0) is 22.3. The SMILES string of the molecule is CN1CCN(CC(NC(=O)c2ccc(COc3cccc(Br)c3)o2)c2ccccc2)CC1. The van der Waals surface area contributed by atoms with Crippen LogP contribution in [0.25, 0.3) is 0 Å². The highest BCUT2D eigenvalue weighted by atomic mass is 79.9. The maximum Gasteiger partial charge on any atom is 0.287 e. The summed E-state index contributed by atoms with van der Waals surface area (Å²) in [4.78, 5) is 17.7. The van der Waals surface area contributed by atoms with Crippen LogP contribution in [0.3, 0.4) is 0 Å². The van der Waals surface area contributed by atoms with Gasteiger partial charge in [0.05, 0.1) is 6.04 Å². The third-order valence-electron chi connectivity index (χ3n) is 5.61. The Morgan fingerprint density at radius 2 is 1.84 bits per heavy atom. The van der Waals surface area contributed by atoms with E-state index in [0.717, 1.165) is 48.5 Å². The van der Waals surface area contributed by atoms with E-state index in [1.165, 1.54) is 0 Å². The number of halogens is 1. The molecule has 0 saturated carbocycles. The van der Waals surface area contributed by atoms with E-state index in [9.17, 15) is 4.79 Å². The summed E-state index contributed by atoms with van der Waals surface area (Å²) in [5.41, 5.74) is 1.09. The lowest BCUT2D eigenvalue weighted by Crippen LogP contribution is -2.47. The van der Waals surface area contributed by atoms with Gasteiger partial charge in [-0.05, 0) is 42.9 Å². The van der Waals surface area contributed by atoms with Crippen molar-refractivity contribution < 1.29 is 13.9 Å². The quantitative estimate of drug-likeness (QED) is 0.501. The highest BCUT2D eigenvalue weighted by Crippen LogP contribution is 2.20. The van der Waals surface area contributed by atoms with Gasteiger partial charge in [0.1, 0.15) is 18.1 Å². The normalized spacial score (nSPS) is 15.9. The van der Waals surface area contributed by atoms with E-state index in [1.807, 2.05) is 42.5 Å². The van der Waals surface area contributed by atoms with Gasteiger partial charge >= 0.3 is 0 Å². The molecule has 1 aliphatic heterocycles. The summed E-state index contributed by atoms with van der Waals surface area (Å²) in [6, 6.07) is 21.1. The van der Waals surface area contributed by atoms with E-state index in [0.29, 0.717) is 5.76 Å². The Morgan fingerprint density at radius 1 is 1.06 bits per heavy atom. The van der Waals surface area contributed by atoms with Gasteiger partial charge in [0.15, 0.2) is 5.76 Å². The van der Waals surface area contributed by atoms with Gasteiger partial charge in [-0.1, -0.05) is 52.3 Å². The molecule has 1 N–H and O–H groups in total. The van der Waals surface area contributed by atoms with Crippen LogP contribution in [-0.4, -0.2) is 55.5 Å². The zero-order valence-electron chi connectivity index (χ0n) is 18.2. The lowest BCUT2D eigenvalue weighted by atomic mass is 10.1. The minimum absolute atomic E-state index is 0.112. The Labute approximate surface area is 197 Å². The summed E-state index contributed by atoms with van der Waals surface area (Å²) in [6.45, 7) is 5.08. The summed E-state index contributed by atoms with van der Waals surface area (Å²) in [7, 11) is 2.14. The highest BCUT2D eigenvalue weighted by molar-refractivity contribution is 9.10. The molecule has 168 valence electrons. The number of amides is 1. The lowest BCUT2D eigenvalue weighted by molar-refractivity contribution is 0.0876. The monoisotopic (exact) mass is 497 g/mol. The van der Waals surface area contributed by atoms with Crippen molar-refractivity contribution in [2.24, 2.45) is 0 Å². The fraction of sp³-hybridized carbons (Fsp3) is 0.320. The maximum absolute atomic E-state index is 13.0. The first-order chi connectivity index (χ1) is 15.6. The Balaban J connectivity index is 1.39. The fourth-order valence-corrected chi connectivity index (χ4v) is 4.10. The predicted octanol–water partition coefficient (Wildman–Crippen LogP) is 4.34. The standard InChI is InChI=1S/C25H28BrN3O3/c1-28-12-14-29(15-13-28)17-23(19-6-3-2-4-7-19)27-25(30)24-11-10-22(32-24)18-31-21-9-5-8-20(26)16-21/h2-11,16,23H,12-15,17-18H2,1H3,(H,27,30). The molecule has 0 radical (unpaired) electrons. The number of benzene rings is 2. The van der Waals surface area contributed by atoms with Crippen molar-refractivity contribution in [3.05, 3.63) is 88.3 Å². The number of nitrogens with one attached hydrogen (secondary N) is 1. The molecule has 1 saturated heterocycles. The Hall–Kier alpha value is -2.61. The van der Waals surface area contributed by atoms with Crippen molar-refractivity contribution in [3.63, 3.8) is 0 Å².